The summed E-state index contributed by atoms with van der Waals surface area (Å²) in [6, 6.07) is 12.6. The van der Waals surface area contributed by atoms with Crippen molar-refractivity contribution in [1.82, 2.24) is 10.3 Å². The van der Waals surface area contributed by atoms with Gasteiger partial charge in [0.1, 0.15) is 0 Å². The lowest BCUT2D eigenvalue weighted by atomic mass is 10.1. The van der Waals surface area contributed by atoms with Crippen LogP contribution in [0.25, 0.3) is 0 Å². The van der Waals surface area contributed by atoms with Crippen LogP contribution in [-0.4, -0.2) is 4.98 Å². The first-order valence-electron chi connectivity index (χ1n) is 6.07. The van der Waals surface area contributed by atoms with Crippen molar-refractivity contribution in [2.24, 2.45) is 0 Å². The van der Waals surface area contributed by atoms with E-state index in [2.05, 4.69) is 64.3 Å². The number of hydrogen-bond donors (Lipinski definition) is 1. The Kier molecular flexibility index (Phi) is 4.50. The smallest absolute Gasteiger partial charge is 0.0570 e. The fourth-order valence-electron chi connectivity index (χ4n) is 1.89. The second-order valence-electron chi connectivity index (χ2n) is 4.39. The normalized spacial score (nSPS) is 12.4. The van der Waals surface area contributed by atoms with Crippen molar-refractivity contribution in [2.45, 2.75) is 26.4 Å². The maximum Gasteiger partial charge on any atom is 0.0570 e. The second-order valence-corrected chi connectivity index (χ2v) is 5.25. The quantitative estimate of drug-likeness (QED) is 0.923. The van der Waals surface area contributed by atoms with Crippen molar-refractivity contribution in [3.63, 3.8) is 0 Å². The van der Waals surface area contributed by atoms with E-state index >= 15 is 0 Å². The Bertz CT molecular complexity index is 525. The van der Waals surface area contributed by atoms with E-state index in [0.29, 0.717) is 6.04 Å². The molecule has 1 aromatic heterocycles. The summed E-state index contributed by atoms with van der Waals surface area (Å²) in [5, 5.41) is 3.50. The van der Waals surface area contributed by atoms with Crippen LogP contribution in [0.15, 0.2) is 47.1 Å². The fraction of sp³-hybridized carbons (Fsp3) is 0.267. The highest BCUT2D eigenvalue weighted by atomic mass is 79.9. The molecule has 0 radical (unpaired) electrons. The van der Waals surface area contributed by atoms with Gasteiger partial charge in [-0.25, -0.2) is 0 Å². The Hall–Kier alpha value is -1.19. The van der Waals surface area contributed by atoms with Crippen LogP contribution in [0.2, 0.25) is 0 Å². The molecule has 0 aliphatic carbocycles. The molecule has 0 amide bonds. The van der Waals surface area contributed by atoms with Crippen LogP contribution in [0.1, 0.15) is 29.8 Å². The summed E-state index contributed by atoms with van der Waals surface area (Å²) in [5.41, 5.74) is 3.60. The zero-order chi connectivity index (χ0) is 13.0. The fourth-order valence-corrected chi connectivity index (χ4v) is 2.52. The topological polar surface area (TPSA) is 24.9 Å². The average molecular weight is 305 g/mol. The highest BCUT2D eigenvalue weighted by Crippen LogP contribution is 2.22. The SMILES string of the molecule is Cc1cccnc1CN[C@@H](C)c1ccccc1Br. The lowest BCUT2D eigenvalue weighted by Gasteiger charge is -2.16. The molecule has 2 rings (SSSR count). The van der Waals surface area contributed by atoms with E-state index in [1.165, 1.54) is 11.1 Å². The number of nitrogens with one attached hydrogen (secondary N) is 1. The molecule has 0 aliphatic heterocycles. The predicted molar refractivity (Wildman–Crippen MR) is 78.4 cm³/mol. The van der Waals surface area contributed by atoms with Crippen molar-refractivity contribution >= 4 is 15.9 Å². The molecule has 18 heavy (non-hydrogen) atoms. The highest BCUT2D eigenvalue weighted by molar-refractivity contribution is 9.10. The van der Waals surface area contributed by atoms with Gasteiger partial charge >= 0.3 is 0 Å². The minimum Gasteiger partial charge on any atom is -0.305 e. The van der Waals surface area contributed by atoms with E-state index in [1.54, 1.807) is 0 Å². The molecule has 94 valence electrons. The molecule has 0 saturated heterocycles. The van der Waals surface area contributed by atoms with Crippen LogP contribution in [0.5, 0.6) is 0 Å². The van der Waals surface area contributed by atoms with E-state index in [9.17, 15) is 0 Å². The van der Waals surface area contributed by atoms with E-state index < -0.39 is 0 Å². The number of aromatic nitrogens is 1. The van der Waals surface area contributed by atoms with E-state index in [4.69, 9.17) is 0 Å². The number of aryl methyl sites for hydroxylation is 1. The minimum atomic E-state index is 0.294. The van der Waals surface area contributed by atoms with Gasteiger partial charge in [-0.1, -0.05) is 40.2 Å². The average Bonchev–Trinajstić information content (AvgIpc) is 2.38. The third kappa shape index (κ3) is 3.18. The van der Waals surface area contributed by atoms with Crippen molar-refractivity contribution < 1.29 is 0 Å². The molecular formula is C15H17BrN2. The van der Waals surface area contributed by atoms with Crippen molar-refractivity contribution in [2.75, 3.05) is 0 Å². The van der Waals surface area contributed by atoms with Crippen molar-refractivity contribution in [3.05, 3.63) is 63.9 Å². The Morgan fingerprint density at radius 2 is 2.00 bits per heavy atom. The molecule has 0 spiro atoms. The lowest BCUT2D eigenvalue weighted by molar-refractivity contribution is 0.564. The summed E-state index contributed by atoms with van der Waals surface area (Å²) in [4.78, 5) is 4.39. The number of pyridine rings is 1. The van der Waals surface area contributed by atoms with E-state index in [0.717, 1.165) is 16.7 Å². The second kappa shape index (κ2) is 6.12. The lowest BCUT2D eigenvalue weighted by Crippen LogP contribution is -2.19. The zero-order valence-corrected chi connectivity index (χ0v) is 12.2. The maximum atomic E-state index is 4.39. The van der Waals surface area contributed by atoms with E-state index in [-0.39, 0.29) is 0 Å². The Morgan fingerprint density at radius 3 is 2.72 bits per heavy atom. The Balaban J connectivity index is 2.03. The molecule has 1 atom stereocenters. The molecule has 2 nitrogen and oxygen atoms in total. The Labute approximate surface area is 117 Å². The largest absolute Gasteiger partial charge is 0.305 e. The summed E-state index contributed by atoms with van der Waals surface area (Å²) in [7, 11) is 0. The van der Waals surface area contributed by atoms with Gasteiger partial charge in [0, 0.05) is 23.3 Å². The first-order chi connectivity index (χ1) is 8.68. The molecule has 2 aromatic rings. The van der Waals surface area contributed by atoms with Gasteiger partial charge in [0.15, 0.2) is 0 Å². The number of nitrogens with zero attached hydrogens (tertiary/aromatic N) is 1. The third-order valence-electron chi connectivity index (χ3n) is 3.07. The van der Waals surface area contributed by atoms with Gasteiger partial charge in [0.2, 0.25) is 0 Å². The van der Waals surface area contributed by atoms with Gasteiger partial charge in [-0.15, -0.1) is 0 Å². The van der Waals surface area contributed by atoms with Gasteiger partial charge in [0.25, 0.3) is 0 Å². The number of benzene rings is 1. The minimum absolute atomic E-state index is 0.294. The first kappa shape index (κ1) is 13.2. The summed E-state index contributed by atoms with van der Waals surface area (Å²) in [6.07, 6.45) is 1.84. The molecule has 0 bridgehead atoms. The van der Waals surface area contributed by atoms with Crippen LogP contribution < -0.4 is 5.32 Å². The summed E-state index contributed by atoms with van der Waals surface area (Å²) >= 11 is 3.58. The summed E-state index contributed by atoms with van der Waals surface area (Å²) in [5.74, 6) is 0. The standard InChI is InChI=1S/C15H17BrN2/c1-11-6-5-9-17-15(11)10-18-12(2)13-7-3-4-8-14(13)16/h3-9,12,18H,10H2,1-2H3/t12-/m0/s1. The van der Waals surface area contributed by atoms with Gasteiger partial charge in [0.05, 0.1) is 5.69 Å². The maximum absolute atomic E-state index is 4.39. The molecule has 0 unspecified atom stereocenters. The first-order valence-corrected chi connectivity index (χ1v) is 6.86. The molecule has 1 heterocycles. The third-order valence-corrected chi connectivity index (χ3v) is 3.79. The molecule has 3 heteroatoms. The van der Waals surface area contributed by atoms with E-state index in [1.807, 2.05) is 18.3 Å². The van der Waals surface area contributed by atoms with Crippen LogP contribution in [0.3, 0.4) is 0 Å². The number of hydrogen-bond acceptors (Lipinski definition) is 2. The van der Waals surface area contributed by atoms with Gasteiger partial charge in [-0.2, -0.15) is 0 Å². The molecule has 0 saturated carbocycles. The van der Waals surface area contributed by atoms with Gasteiger partial charge in [-0.05, 0) is 37.1 Å². The highest BCUT2D eigenvalue weighted by Gasteiger charge is 2.08. The summed E-state index contributed by atoms with van der Waals surface area (Å²) < 4.78 is 1.14. The van der Waals surface area contributed by atoms with Crippen LogP contribution in [-0.2, 0) is 6.54 Å². The summed E-state index contributed by atoms with van der Waals surface area (Å²) in [6.45, 7) is 5.04. The molecule has 0 fully saturated rings. The van der Waals surface area contributed by atoms with Crippen LogP contribution >= 0.6 is 15.9 Å². The molecular weight excluding hydrogens is 288 g/mol. The van der Waals surface area contributed by atoms with Gasteiger partial charge in [-0.3, -0.25) is 4.98 Å². The van der Waals surface area contributed by atoms with Gasteiger partial charge < -0.3 is 5.32 Å². The Morgan fingerprint density at radius 1 is 1.22 bits per heavy atom. The molecule has 1 aromatic carbocycles. The zero-order valence-electron chi connectivity index (χ0n) is 10.7. The number of rotatable bonds is 4. The molecule has 1 N–H and O–H groups in total. The predicted octanol–water partition coefficient (Wildman–Crippen LogP) is 4.00. The number of halogens is 1. The monoisotopic (exact) mass is 304 g/mol. The van der Waals surface area contributed by atoms with Crippen LogP contribution in [0.4, 0.5) is 0 Å². The molecule has 0 aliphatic rings. The van der Waals surface area contributed by atoms with Crippen molar-refractivity contribution in [3.8, 4) is 0 Å². The van der Waals surface area contributed by atoms with Crippen LogP contribution in [0, 0.1) is 6.92 Å². The van der Waals surface area contributed by atoms with Crippen molar-refractivity contribution in [1.29, 1.82) is 0 Å².